The predicted molar refractivity (Wildman–Crippen MR) is 114 cm³/mol. The first-order valence-corrected chi connectivity index (χ1v) is 9.11. The Balaban J connectivity index is 1.79. The van der Waals surface area contributed by atoms with Gasteiger partial charge in [-0.1, -0.05) is 47.5 Å². The van der Waals surface area contributed by atoms with Crippen LogP contribution in [0.5, 0.6) is 5.75 Å². The summed E-state index contributed by atoms with van der Waals surface area (Å²) in [6.07, 6.45) is 1.54. The zero-order chi connectivity index (χ0) is 19.9. The second-order valence-corrected chi connectivity index (χ2v) is 6.64. The summed E-state index contributed by atoms with van der Waals surface area (Å²) in [7, 11) is 1.58. The number of carbonyl (C=O) groups is 1. The lowest BCUT2D eigenvalue weighted by Gasteiger charge is -2.14. The van der Waals surface area contributed by atoms with E-state index in [9.17, 15) is 4.79 Å². The third-order valence-corrected chi connectivity index (χ3v) is 4.34. The number of hydrogen-bond donors (Lipinski definition) is 2. The SMILES string of the molecule is COc1ccccc1Nc1cc(Cl)ccc1C(=O)N/N=C/c1ccc(Cl)cc1. The largest absolute Gasteiger partial charge is 0.495 e. The van der Waals surface area contributed by atoms with Gasteiger partial charge in [-0.3, -0.25) is 4.79 Å². The van der Waals surface area contributed by atoms with Crippen molar-refractivity contribution in [1.29, 1.82) is 0 Å². The molecule has 0 spiro atoms. The molecule has 0 aliphatic carbocycles. The molecule has 142 valence electrons. The van der Waals surface area contributed by atoms with Crippen LogP contribution >= 0.6 is 23.2 Å². The Morgan fingerprint density at radius 2 is 1.68 bits per heavy atom. The molecule has 0 fully saturated rings. The van der Waals surface area contributed by atoms with Gasteiger partial charge < -0.3 is 10.1 Å². The van der Waals surface area contributed by atoms with Crippen LogP contribution in [0.15, 0.2) is 71.8 Å². The molecule has 0 unspecified atom stereocenters. The zero-order valence-electron chi connectivity index (χ0n) is 14.9. The van der Waals surface area contributed by atoms with Crippen LogP contribution in [0.2, 0.25) is 10.0 Å². The van der Waals surface area contributed by atoms with Crippen molar-refractivity contribution >= 4 is 46.7 Å². The van der Waals surface area contributed by atoms with Crippen molar-refractivity contribution in [2.24, 2.45) is 5.10 Å². The topological polar surface area (TPSA) is 62.7 Å². The number of nitrogens with zero attached hydrogens (tertiary/aromatic N) is 1. The molecule has 0 atom stereocenters. The number of halogens is 2. The molecule has 0 saturated carbocycles. The van der Waals surface area contributed by atoms with E-state index in [1.54, 1.807) is 49.6 Å². The molecule has 0 aliphatic rings. The summed E-state index contributed by atoms with van der Waals surface area (Å²) in [5.74, 6) is 0.272. The summed E-state index contributed by atoms with van der Waals surface area (Å²) in [5.41, 5.74) is 4.98. The first-order chi connectivity index (χ1) is 13.6. The molecule has 5 nitrogen and oxygen atoms in total. The van der Waals surface area contributed by atoms with E-state index in [1.165, 1.54) is 6.21 Å². The van der Waals surface area contributed by atoms with E-state index in [4.69, 9.17) is 27.9 Å². The molecule has 0 aliphatic heterocycles. The van der Waals surface area contributed by atoms with Crippen LogP contribution in [-0.2, 0) is 0 Å². The van der Waals surface area contributed by atoms with Gasteiger partial charge in [-0.25, -0.2) is 5.43 Å². The maximum absolute atomic E-state index is 12.6. The maximum atomic E-state index is 12.6. The number of hydrogen-bond acceptors (Lipinski definition) is 4. The Morgan fingerprint density at radius 1 is 0.964 bits per heavy atom. The van der Waals surface area contributed by atoms with E-state index in [-0.39, 0.29) is 5.91 Å². The van der Waals surface area contributed by atoms with E-state index in [2.05, 4.69) is 15.8 Å². The first-order valence-electron chi connectivity index (χ1n) is 8.35. The fourth-order valence-electron chi connectivity index (χ4n) is 2.49. The van der Waals surface area contributed by atoms with Gasteiger partial charge in [0.2, 0.25) is 0 Å². The number of methoxy groups -OCH3 is 1. The summed E-state index contributed by atoms with van der Waals surface area (Å²) in [6.45, 7) is 0. The van der Waals surface area contributed by atoms with E-state index in [1.807, 2.05) is 24.3 Å². The van der Waals surface area contributed by atoms with Gasteiger partial charge in [-0.05, 0) is 48.0 Å². The summed E-state index contributed by atoms with van der Waals surface area (Å²) in [4.78, 5) is 12.6. The van der Waals surface area contributed by atoms with Gasteiger partial charge >= 0.3 is 0 Å². The van der Waals surface area contributed by atoms with Crippen LogP contribution in [0.1, 0.15) is 15.9 Å². The molecule has 2 N–H and O–H groups in total. The average molecular weight is 414 g/mol. The summed E-state index contributed by atoms with van der Waals surface area (Å²) in [6, 6.07) is 19.4. The lowest BCUT2D eigenvalue weighted by atomic mass is 10.1. The van der Waals surface area contributed by atoms with Crippen molar-refractivity contribution < 1.29 is 9.53 Å². The predicted octanol–water partition coefficient (Wildman–Crippen LogP) is 5.51. The smallest absolute Gasteiger partial charge is 0.273 e. The number of anilines is 2. The molecule has 7 heteroatoms. The number of ether oxygens (including phenoxy) is 1. The number of nitrogens with one attached hydrogen (secondary N) is 2. The van der Waals surface area contributed by atoms with E-state index in [0.29, 0.717) is 32.7 Å². The fraction of sp³-hybridized carbons (Fsp3) is 0.0476. The van der Waals surface area contributed by atoms with Crippen LogP contribution < -0.4 is 15.5 Å². The van der Waals surface area contributed by atoms with Gasteiger partial charge in [0.05, 0.1) is 30.3 Å². The summed E-state index contributed by atoms with van der Waals surface area (Å²) < 4.78 is 5.34. The Kier molecular flexibility index (Phi) is 6.53. The van der Waals surface area contributed by atoms with Crippen molar-refractivity contribution in [3.63, 3.8) is 0 Å². The molecular formula is C21H17Cl2N3O2. The lowest BCUT2D eigenvalue weighted by Crippen LogP contribution is -2.19. The van der Waals surface area contributed by atoms with Crippen molar-refractivity contribution in [3.05, 3.63) is 87.9 Å². The minimum Gasteiger partial charge on any atom is -0.495 e. The van der Waals surface area contributed by atoms with Crippen LogP contribution in [0, 0.1) is 0 Å². The number of carbonyl (C=O) groups excluding carboxylic acids is 1. The van der Waals surface area contributed by atoms with E-state index < -0.39 is 0 Å². The Morgan fingerprint density at radius 3 is 2.43 bits per heavy atom. The average Bonchev–Trinajstić information content (AvgIpc) is 2.70. The minimum absolute atomic E-state index is 0.376. The normalized spacial score (nSPS) is 10.7. The quantitative estimate of drug-likeness (QED) is 0.413. The molecule has 3 aromatic rings. The third kappa shape index (κ3) is 5.03. The summed E-state index contributed by atoms with van der Waals surface area (Å²) in [5, 5.41) is 8.32. The van der Waals surface area contributed by atoms with Gasteiger partial charge in [-0.15, -0.1) is 0 Å². The van der Waals surface area contributed by atoms with Crippen LogP contribution in [0.25, 0.3) is 0 Å². The molecule has 0 aromatic heterocycles. The third-order valence-electron chi connectivity index (χ3n) is 3.85. The van der Waals surface area contributed by atoms with E-state index in [0.717, 1.165) is 5.56 Å². The minimum atomic E-state index is -0.376. The molecule has 28 heavy (non-hydrogen) atoms. The van der Waals surface area contributed by atoms with Gasteiger partial charge in [0.15, 0.2) is 0 Å². The highest BCUT2D eigenvalue weighted by Gasteiger charge is 2.13. The van der Waals surface area contributed by atoms with E-state index >= 15 is 0 Å². The highest BCUT2D eigenvalue weighted by molar-refractivity contribution is 6.31. The number of para-hydroxylation sites is 2. The van der Waals surface area contributed by atoms with Crippen molar-refractivity contribution in [3.8, 4) is 5.75 Å². The van der Waals surface area contributed by atoms with Gasteiger partial charge in [0.1, 0.15) is 5.75 Å². The fourth-order valence-corrected chi connectivity index (χ4v) is 2.78. The molecule has 0 saturated heterocycles. The van der Waals surface area contributed by atoms with Crippen LogP contribution in [0.3, 0.4) is 0 Å². The Labute approximate surface area is 172 Å². The molecule has 0 heterocycles. The van der Waals surface area contributed by atoms with Gasteiger partial charge in [0, 0.05) is 10.0 Å². The second kappa shape index (κ2) is 9.26. The lowest BCUT2D eigenvalue weighted by molar-refractivity contribution is 0.0956. The zero-order valence-corrected chi connectivity index (χ0v) is 16.5. The van der Waals surface area contributed by atoms with Crippen LogP contribution in [0.4, 0.5) is 11.4 Å². The molecule has 3 rings (SSSR count). The van der Waals surface area contributed by atoms with Gasteiger partial charge in [-0.2, -0.15) is 5.10 Å². The number of rotatable bonds is 6. The molecule has 0 bridgehead atoms. The maximum Gasteiger partial charge on any atom is 0.273 e. The van der Waals surface area contributed by atoms with Crippen LogP contribution in [-0.4, -0.2) is 19.2 Å². The Bertz CT molecular complexity index is 1000. The second-order valence-electron chi connectivity index (χ2n) is 5.77. The highest BCUT2D eigenvalue weighted by Crippen LogP contribution is 2.30. The van der Waals surface area contributed by atoms with Gasteiger partial charge in [0.25, 0.3) is 5.91 Å². The number of hydrazone groups is 1. The molecule has 0 radical (unpaired) electrons. The van der Waals surface area contributed by atoms with Crippen molar-refractivity contribution in [1.82, 2.24) is 5.43 Å². The Hall–Kier alpha value is -3.02. The molecular weight excluding hydrogens is 397 g/mol. The number of amides is 1. The summed E-state index contributed by atoms with van der Waals surface area (Å²) >= 11 is 12.0. The number of benzene rings is 3. The molecule has 3 aromatic carbocycles. The monoisotopic (exact) mass is 413 g/mol. The highest BCUT2D eigenvalue weighted by atomic mass is 35.5. The van der Waals surface area contributed by atoms with Crippen molar-refractivity contribution in [2.45, 2.75) is 0 Å². The molecule has 1 amide bonds. The van der Waals surface area contributed by atoms with Crippen molar-refractivity contribution in [2.75, 3.05) is 12.4 Å². The standard InChI is InChI=1S/C21H17Cl2N3O2/c1-28-20-5-3-2-4-18(20)25-19-12-16(23)10-11-17(19)21(27)26-24-13-14-6-8-15(22)9-7-14/h2-13,25H,1H3,(H,26,27)/b24-13+. The first kappa shape index (κ1) is 19.7.